The maximum Gasteiger partial charge on any atom is 0.472 e. The van der Waals surface area contributed by atoms with Gasteiger partial charge in [0.05, 0.1) is 26.4 Å². The molecule has 17 nitrogen and oxygen atoms in total. The molecule has 5 atom stereocenters. The van der Waals surface area contributed by atoms with Gasteiger partial charge in [-0.2, -0.15) is 0 Å². The standard InChI is InChI=1S/C77H132O17P2/c1-5-9-13-17-21-25-29-32-34-35-37-40-43-46-50-54-58-62-75(80)88-68-73(94-77(82)64-60-56-52-48-44-38-31-27-23-19-15-11-7-3)70-92-96(85,86)90-66-71(78)65-89-95(83,84)91-69-72(93-76(81)63-59-55-51-47-41-28-24-20-16-12-8-4)67-87-74(79)61-57-53-49-45-42-39-36-33-30-26-22-18-14-10-6-2/h9,13,15,19-22,24-27,31-34,36-37,40,71-73,78H,5-8,10-12,14,16-18,23,28-30,35,38-39,41-70H2,1-4H3,(H,83,84)(H,85,86)/b13-9-,19-15-,24-20-,25-21-,26-22-,31-27-,34-32-,36-33-,40-37-. The molecule has 0 heterocycles. The molecule has 0 aliphatic rings. The number of carbonyl (C=O) groups is 4. The van der Waals surface area contributed by atoms with Crippen molar-refractivity contribution in [1.82, 2.24) is 0 Å². The van der Waals surface area contributed by atoms with E-state index in [2.05, 4.69) is 137 Å². The summed E-state index contributed by atoms with van der Waals surface area (Å²) in [6, 6.07) is 0. The summed E-state index contributed by atoms with van der Waals surface area (Å²) in [7, 11) is -9.96. The number of rotatable bonds is 69. The van der Waals surface area contributed by atoms with Crippen LogP contribution in [0.1, 0.15) is 297 Å². The van der Waals surface area contributed by atoms with Crippen molar-refractivity contribution < 1.29 is 80.2 Å². The van der Waals surface area contributed by atoms with Crippen LogP contribution in [-0.4, -0.2) is 96.7 Å². The third-order valence-corrected chi connectivity index (χ3v) is 17.1. The number of aliphatic hydroxyl groups is 1. The molecule has 96 heavy (non-hydrogen) atoms. The van der Waals surface area contributed by atoms with E-state index in [9.17, 15) is 43.2 Å². The number of phosphoric ester groups is 2. The number of aliphatic hydroxyl groups excluding tert-OH is 1. The molecule has 0 aliphatic carbocycles. The number of unbranched alkanes of at least 4 members (excludes halogenated alkanes) is 25. The zero-order valence-electron chi connectivity index (χ0n) is 60.0. The van der Waals surface area contributed by atoms with Gasteiger partial charge in [0.25, 0.3) is 0 Å². The summed E-state index contributed by atoms with van der Waals surface area (Å²) in [6.45, 7) is 4.55. The molecule has 0 saturated heterocycles. The fourth-order valence-electron chi connectivity index (χ4n) is 9.49. The van der Waals surface area contributed by atoms with Gasteiger partial charge in [-0.3, -0.25) is 37.3 Å². The van der Waals surface area contributed by atoms with E-state index in [1.54, 1.807) is 0 Å². The third kappa shape index (κ3) is 68.3. The Kier molecular flexibility index (Phi) is 66.1. The van der Waals surface area contributed by atoms with Crippen LogP contribution in [0.5, 0.6) is 0 Å². The summed E-state index contributed by atoms with van der Waals surface area (Å²) in [5, 5.41) is 10.6. The smallest absolute Gasteiger partial charge is 0.462 e. The Bertz CT molecular complexity index is 2250. The minimum atomic E-state index is -4.98. The first-order valence-corrected chi connectivity index (χ1v) is 40.1. The van der Waals surface area contributed by atoms with E-state index in [0.29, 0.717) is 25.7 Å². The third-order valence-electron chi connectivity index (χ3n) is 15.2. The molecule has 3 N–H and O–H groups in total. The number of esters is 4. The Hall–Kier alpha value is -4.28. The Morgan fingerprint density at radius 3 is 0.917 bits per heavy atom. The molecule has 0 fully saturated rings. The van der Waals surface area contributed by atoms with Gasteiger partial charge in [-0.05, 0) is 141 Å². The second-order valence-electron chi connectivity index (χ2n) is 24.5. The molecule has 552 valence electrons. The first kappa shape index (κ1) is 91.7. The normalized spacial score (nSPS) is 14.6. The van der Waals surface area contributed by atoms with Gasteiger partial charge in [0.2, 0.25) is 0 Å². The topological polar surface area (TPSA) is 237 Å². The van der Waals surface area contributed by atoms with E-state index in [-0.39, 0.29) is 25.7 Å². The fourth-order valence-corrected chi connectivity index (χ4v) is 11.1. The predicted octanol–water partition coefficient (Wildman–Crippen LogP) is 21.0. The van der Waals surface area contributed by atoms with Crippen LogP contribution >= 0.6 is 15.6 Å². The summed E-state index contributed by atoms with van der Waals surface area (Å²) < 4.78 is 68.3. The van der Waals surface area contributed by atoms with Crippen LogP contribution in [0.15, 0.2) is 109 Å². The average molecular weight is 1390 g/mol. The molecule has 0 amide bonds. The van der Waals surface area contributed by atoms with E-state index in [1.165, 1.54) is 32.1 Å². The Morgan fingerprint density at radius 2 is 0.573 bits per heavy atom. The van der Waals surface area contributed by atoms with Gasteiger partial charge in [-0.15, -0.1) is 0 Å². The van der Waals surface area contributed by atoms with E-state index >= 15 is 0 Å². The van der Waals surface area contributed by atoms with E-state index in [4.69, 9.17) is 37.0 Å². The Balaban J connectivity index is 5.36. The van der Waals surface area contributed by atoms with Crippen LogP contribution in [0.4, 0.5) is 0 Å². The molecular weight excluding hydrogens is 1260 g/mol. The molecule has 0 aromatic carbocycles. The van der Waals surface area contributed by atoms with Gasteiger partial charge >= 0.3 is 39.5 Å². The van der Waals surface area contributed by atoms with E-state index in [0.717, 1.165) is 186 Å². The van der Waals surface area contributed by atoms with Crippen LogP contribution in [0.25, 0.3) is 0 Å². The van der Waals surface area contributed by atoms with Crippen LogP contribution in [0, 0.1) is 0 Å². The van der Waals surface area contributed by atoms with Crippen LogP contribution in [-0.2, 0) is 65.4 Å². The largest absolute Gasteiger partial charge is 0.472 e. The number of ether oxygens (including phenoxy) is 4. The molecular formula is C77H132O17P2. The zero-order valence-corrected chi connectivity index (χ0v) is 61.8. The van der Waals surface area contributed by atoms with Gasteiger partial charge in [0.1, 0.15) is 19.3 Å². The van der Waals surface area contributed by atoms with Crippen molar-refractivity contribution in [1.29, 1.82) is 0 Å². The number of hydrogen-bond donors (Lipinski definition) is 3. The summed E-state index contributed by atoms with van der Waals surface area (Å²) >= 11 is 0. The van der Waals surface area contributed by atoms with Crippen LogP contribution < -0.4 is 0 Å². The monoisotopic (exact) mass is 1390 g/mol. The van der Waals surface area contributed by atoms with Crippen molar-refractivity contribution in [3.63, 3.8) is 0 Å². The van der Waals surface area contributed by atoms with Crippen molar-refractivity contribution in [2.45, 2.75) is 316 Å². The molecule has 0 rings (SSSR count). The summed E-state index contributed by atoms with van der Waals surface area (Å²) in [4.78, 5) is 72.7. The highest BCUT2D eigenvalue weighted by atomic mass is 31.2. The van der Waals surface area contributed by atoms with Crippen LogP contribution in [0.2, 0.25) is 0 Å². The molecule has 19 heteroatoms. The minimum Gasteiger partial charge on any atom is -0.462 e. The highest BCUT2D eigenvalue weighted by Crippen LogP contribution is 2.45. The summed E-state index contributed by atoms with van der Waals surface area (Å²) in [5.74, 6) is -2.24. The van der Waals surface area contributed by atoms with Crippen molar-refractivity contribution >= 4 is 39.5 Å². The van der Waals surface area contributed by atoms with E-state index in [1.807, 2.05) is 0 Å². The highest BCUT2D eigenvalue weighted by molar-refractivity contribution is 7.47. The molecule has 0 saturated carbocycles. The quantitative estimate of drug-likeness (QED) is 0.0169. The molecule has 0 aromatic rings. The van der Waals surface area contributed by atoms with Gasteiger partial charge < -0.3 is 33.8 Å². The summed E-state index contributed by atoms with van der Waals surface area (Å²) in [5.41, 5.74) is 0. The van der Waals surface area contributed by atoms with Gasteiger partial charge in [-0.1, -0.05) is 240 Å². The predicted molar refractivity (Wildman–Crippen MR) is 390 cm³/mol. The minimum absolute atomic E-state index is 0.0712. The Labute approximate surface area is 581 Å². The van der Waals surface area contributed by atoms with Gasteiger partial charge in [-0.25, -0.2) is 9.13 Å². The van der Waals surface area contributed by atoms with Crippen molar-refractivity contribution in [3.8, 4) is 0 Å². The Morgan fingerprint density at radius 1 is 0.302 bits per heavy atom. The molecule has 0 bridgehead atoms. The van der Waals surface area contributed by atoms with Crippen LogP contribution in [0.3, 0.4) is 0 Å². The first-order chi connectivity index (χ1) is 46.7. The molecule has 0 aromatic heterocycles. The fraction of sp³-hybridized carbons (Fsp3) is 0.714. The van der Waals surface area contributed by atoms with Gasteiger partial charge in [0.15, 0.2) is 12.2 Å². The van der Waals surface area contributed by atoms with Crippen molar-refractivity contribution in [2.75, 3.05) is 39.6 Å². The lowest BCUT2D eigenvalue weighted by Gasteiger charge is -2.21. The lowest BCUT2D eigenvalue weighted by Crippen LogP contribution is -2.30. The highest BCUT2D eigenvalue weighted by Gasteiger charge is 2.30. The number of phosphoric acid groups is 2. The average Bonchev–Trinajstić information content (AvgIpc) is 1.17. The maximum atomic E-state index is 13.1. The second-order valence-corrected chi connectivity index (χ2v) is 27.4. The summed E-state index contributed by atoms with van der Waals surface area (Å²) in [6.07, 6.45) is 72.3. The number of hydrogen-bond acceptors (Lipinski definition) is 15. The van der Waals surface area contributed by atoms with Crippen molar-refractivity contribution in [3.05, 3.63) is 109 Å². The second kappa shape index (κ2) is 69.2. The SMILES string of the molecule is CC/C=C\C/C=C\C/C=C\C/C=C\CCCCCCC(=O)OCC(COP(=O)(O)OCC(O)COP(=O)(O)OCC(COC(=O)CCCCCCC/C=C\C/C=C\CCCCC)OC(=O)CCCCCCC/C=C\CCCC)OC(=O)CCCCCCC/C=C\C/C=C\CCC. The first-order valence-electron chi connectivity index (χ1n) is 37.1. The lowest BCUT2D eigenvalue weighted by molar-refractivity contribution is -0.161. The zero-order chi connectivity index (χ0) is 70.4. The number of allylic oxidation sites excluding steroid dienone is 18. The maximum absolute atomic E-state index is 13.1. The molecule has 0 spiro atoms. The molecule has 0 aliphatic heterocycles. The molecule has 0 radical (unpaired) electrons. The van der Waals surface area contributed by atoms with Crippen molar-refractivity contribution in [2.24, 2.45) is 0 Å². The van der Waals surface area contributed by atoms with E-state index < -0.39 is 97.5 Å². The lowest BCUT2D eigenvalue weighted by atomic mass is 10.1. The molecule has 5 unspecified atom stereocenters. The number of carbonyl (C=O) groups excluding carboxylic acids is 4. The van der Waals surface area contributed by atoms with Gasteiger partial charge in [0, 0.05) is 25.7 Å².